The molecule has 139 heavy (non-hydrogen) atoms. The van der Waals surface area contributed by atoms with E-state index in [2.05, 4.69) is 31.9 Å². The van der Waals surface area contributed by atoms with E-state index in [1.165, 1.54) is 14.2 Å². The van der Waals surface area contributed by atoms with Crippen LogP contribution in [0.5, 0.6) is 0 Å². The number of aliphatic hydroxyl groups is 28. The molecule has 0 aliphatic carbocycles. The standard InChI is InChI=1S/C80H145N7O46S6/c1-32-34(121-70(55(107)43(32)95)130-64-39(25-91)125-68(116-3)59(111)51(64)103)20-84-77(134)81-8-11-87(12-9-82-78(135)85-21-35-33(2)44(96)56(108)71(122-35)131-65-40(26-92)126-69(117-4)60(112)52(65)104)13-10-83-79(136)86-80(29-118-14-5-17-137-74-61(113)50(102)47(99)38(24-90)127-74,30-119-15-6-18-138-75-62(114)53(105)66(41(27-93)128-75)132-72-57(109)48(100)45(97)36(22-88)123-72)31-120-16-7-19-139-76-63(115)54(106)67(42(28-94)129-76)133-73-58(110)49(101)46(98)37(23-89)124-73/h32-76,88-115H,5-31H2,1-4H3,(H2,81,84,134)(H2,82,85,135)(H2,83,86,136)/t32?,33?,34?,35?,36?,37?,38?,39?,40?,41?,42?,43?,44?,45-,46-,47-,48-,49-,50-,51?,52?,53+,54+,55?,56?,57?,58?,59?,60?,61?,62?,63?,64?,65?,66-,67-,68+,69+,70-,71-,72-,73-,74-,75-,76-,80?/m0/s1. The molecule has 26 unspecified atom stereocenters. The fourth-order valence-corrected chi connectivity index (χ4v) is 20.8. The molecular weight excluding hydrogens is 1990 g/mol. The number of hydrogen-bond donors (Lipinski definition) is 34. The minimum Gasteiger partial charge on any atom is -0.394 e. The van der Waals surface area contributed by atoms with E-state index in [-0.39, 0.29) is 144 Å². The van der Waals surface area contributed by atoms with Crippen LogP contribution in [0, 0.1) is 11.8 Å². The summed E-state index contributed by atoms with van der Waals surface area (Å²) in [6.07, 6.45) is -61.4. The number of rotatable bonds is 52. The Balaban J connectivity index is 0.897. The third kappa shape index (κ3) is 32.4. The van der Waals surface area contributed by atoms with Crippen molar-refractivity contribution in [1.82, 2.24) is 36.8 Å². The lowest BCUT2D eigenvalue weighted by Crippen LogP contribution is -2.64. The highest BCUT2D eigenvalue weighted by atomic mass is 32.2. The van der Waals surface area contributed by atoms with Gasteiger partial charge in [0.15, 0.2) is 53.1 Å². The number of nitrogens with zero attached hydrogens (tertiary/aromatic N) is 1. The van der Waals surface area contributed by atoms with E-state index < -0.39 is 325 Å². The Morgan fingerprint density at radius 3 is 0.863 bits per heavy atom. The van der Waals surface area contributed by atoms with Crippen LogP contribution in [0.3, 0.4) is 0 Å². The molecule has 45 atom stereocenters. The molecule has 9 aliphatic heterocycles. The number of thiocarbonyl (C=S) groups is 3. The highest BCUT2D eigenvalue weighted by molar-refractivity contribution is 8.00. The van der Waals surface area contributed by atoms with E-state index in [4.69, 9.17) is 122 Å². The highest BCUT2D eigenvalue weighted by Gasteiger charge is 2.57. The summed E-state index contributed by atoms with van der Waals surface area (Å²) >= 11 is 20.7. The first-order chi connectivity index (χ1) is 66.3. The molecule has 9 aliphatic rings. The normalized spacial score (nSPS) is 42.2. The summed E-state index contributed by atoms with van der Waals surface area (Å²) in [6, 6.07) is 0. The van der Waals surface area contributed by atoms with Crippen LogP contribution in [0.1, 0.15) is 33.1 Å². The minimum absolute atomic E-state index is 0.00931. The zero-order valence-electron chi connectivity index (χ0n) is 76.8. The Hall–Kier alpha value is -1.76. The van der Waals surface area contributed by atoms with Crippen LogP contribution >= 0.6 is 71.9 Å². The van der Waals surface area contributed by atoms with E-state index in [9.17, 15) is 143 Å². The van der Waals surface area contributed by atoms with Gasteiger partial charge in [-0.25, -0.2) is 0 Å². The van der Waals surface area contributed by atoms with Crippen LogP contribution in [0.25, 0.3) is 0 Å². The van der Waals surface area contributed by atoms with Crippen LogP contribution in [-0.2, 0) is 85.3 Å². The maximum absolute atomic E-state index is 11.4. The third-order valence-corrected chi connectivity index (χ3v) is 29.9. The monoisotopic (exact) mass is 2130 g/mol. The zero-order valence-corrected chi connectivity index (χ0v) is 81.7. The molecule has 0 saturated carbocycles. The van der Waals surface area contributed by atoms with Crippen molar-refractivity contribution >= 4 is 87.3 Å². The molecule has 0 bridgehead atoms. The molecule has 0 aromatic carbocycles. The molecule has 0 radical (unpaired) electrons. The van der Waals surface area contributed by atoms with E-state index in [1.54, 1.807) is 13.8 Å². The van der Waals surface area contributed by atoms with Crippen LogP contribution in [0.2, 0.25) is 0 Å². The number of thioether (sulfide) groups is 3. The second-order valence-electron chi connectivity index (χ2n) is 35.2. The molecule has 0 aromatic heterocycles. The lowest BCUT2D eigenvalue weighted by atomic mass is 9.90. The number of ether oxygens (including phenoxy) is 18. The Bertz CT molecular complexity index is 3340. The number of methoxy groups -OCH3 is 2. The third-order valence-electron chi connectivity index (χ3n) is 25.3. The SMILES string of the molecule is CO[C@@H]1OC(CO)C(O[C@@H]2OC(CNC(=S)NCCN(CCNC(=S)NCC3O[C@@H](OC4C(CO)O[C@@H](OC)C(O)C4O)C(O)C(O)C3C)CCNC(=S)NC(COCCCS[C@@H]3OC(CO)[C@H](O)[C@H](O)C3O)(COCCCS[C@@H]3OC(CO)[C@H](O[C@@H]4OC(CO)[C@H](O)[C@H](O)C4O)[C@H](O)C3O)COCCCS[C@@H]3OC(CO)[C@H](O[C@@H]4OC(CO)[C@H](O)[C@H](O)C4O)[C@H](O)C3O)C(C)C(O)C2O)C(O)C1O. The molecule has 0 spiro atoms. The highest BCUT2D eigenvalue weighted by Crippen LogP contribution is 2.39. The van der Waals surface area contributed by atoms with Gasteiger partial charge in [0.2, 0.25) is 0 Å². The van der Waals surface area contributed by atoms with Gasteiger partial charge in [0.1, 0.15) is 205 Å². The predicted molar refractivity (Wildman–Crippen MR) is 489 cm³/mol. The second-order valence-corrected chi connectivity index (χ2v) is 40.0. The van der Waals surface area contributed by atoms with Crippen LogP contribution in [-0.4, -0.2) is 600 Å². The summed E-state index contributed by atoms with van der Waals surface area (Å²) in [5.41, 5.74) is -4.92. The molecule has 53 nitrogen and oxygen atoms in total. The summed E-state index contributed by atoms with van der Waals surface area (Å²) < 4.78 is 105. The summed E-state index contributed by atoms with van der Waals surface area (Å²) in [5.74, 6) is -0.918. The van der Waals surface area contributed by atoms with Crippen LogP contribution in [0.15, 0.2) is 0 Å². The summed E-state index contributed by atoms with van der Waals surface area (Å²) in [6.45, 7) is -1.86. The Morgan fingerprint density at radius 1 is 0.295 bits per heavy atom. The van der Waals surface area contributed by atoms with Gasteiger partial charge >= 0.3 is 0 Å². The lowest BCUT2D eigenvalue weighted by molar-refractivity contribution is -0.351. The van der Waals surface area contributed by atoms with Crippen molar-refractivity contribution in [2.24, 2.45) is 11.8 Å². The van der Waals surface area contributed by atoms with Crippen molar-refractivity contribution in [3.05, 3.63) is 0 Å². The van der Waals surface area contributed by atoms with Crippen molar-refractivity contribution in [2.75, 3.05) is 170 Å². The lowest BCUT2D eigenvalue weighted by Gasteiger charge is -2.46. The van der Waals surface area contributed by atoms with Gasteiger partial charge in [0.05, 0.1) is 90.5 Å². The molecule has 0 aromatic rings. The van der Waals surface area contributed by atoms with Crippen molar-refractivity contribution < 1.29 is 228 Å². The average Bonchev–Trinajstić information content (AvgIpc) is 0.771. The van der Waals surface area contributed by atoms with Crippen LogP contribution < -0.4 is 31.9 Å². The van der Waals surface area contributed by atoms with E-state index in [0.29, 0.717) is 0 Å². The Kier molecular flexibility index (Phi) is 51.4. The number of nitrogens with one attached hydrogen (secondary N) is 6. The van der Waals surface area contributed by atoms with Crippen molar-refractivity contribution in [3.63, 3.8) is 0 Å². The van der Waals surface area contributed by atoms with Gasteiger partial charge in [-0.2, -0.15) is 0 Å². The van der Waals surface area contributed by atoms with Gasteiger partial charge in [0.25, 0.3) is 0 Å². The van der Waals surface area contributed by atoms with Gasteiger partial charge in [0, 0.05) is 98.2 Å². The van der Waals surface area contributed by atoms with Gasteiger partial charge in [-0.1, -0.05) is 13.8 Å². The van der Waals surface area contributed by atoms with Gasteiger partial charge in [-0.3, -0.25) is 4.90 Å². The average molecular weight is 2130 g/mol. The molecule has 9 saturated heterocycles. The molecule has 9 fully saturated rings. The second kappa shape index (κ2) is 59.2. The smallest absolute Gasteiger partial charge is 0.187 e. The van der Waals surface area contributed by atoms with E-state index in [1.807, 2.05) is 4.90 Å². The topological polar surface area (TPSA) is 808 Å². The molecule has 34 N–H and O–H groups in total. The molecule has 812 valence electrons. The zero-order chi connectivity index (χ0) is 102. The Labute approximate surface area is 829 Å². The fourth-order valence-electron chi connectivity index (χ4n) is 16.8. The molecule has 59 heteroatoms. The quantitative estimate of drug-likeness (QED) is 0.0199. The summed E-state index contributed by atoms with van der Waals surface area (Å²) in [7, 11) is 2.44. The maximum atomic E-state index is 11.4. The maximum Gasteiger partial charge on any atom is 0.187 e. The van der Waals surface area contributed by atoms with Crippen molar-refractivity contribution in [3.8, 4) is 0 Å². The molecule has 9 rings (SSSR count). The Morgan fingerprint density at radius 2 is 0.547 bits per heavy atom. The molecular formula is C80H145N7O46S6. The predicted octanol–water partition coefficient (Wildman–Crippen LogP) is -17.0. The first-order valence-electron chi connectivity index (χ1n) is 45.8. The first-order valence-corrected chi connectivity index (χ1v) is 50.2. The number of aliphatic hydroxyl groups excluding tert-OH is 28. The first kappa shape index (κ1) is 121. The largest absolute Gasteiger partial charge is 0.394 e. The van der Waals surface area contributed by atoms with E-state index in [0.717, 1.165) is 35.3 Å². The summed E-state index contributed by atoms with van der Waals surface area (Å²) in [5, 5.41) is 318. The van der Waals surface area contributed by atoms with Crippen molar-refractivity contribution in [2.45, 2.75) is 300 Å². The van der Waals surface area contributed by atoms with Gasteiger partial charge in [-0.15, -0.1) is 35.3 Å². The molecule has 9 heterocycles. The van der Waals surface area contributed by atoms with E-state index >= 15 is 0 Å². The van der Waals surface area contributed by atoms with Gasteiger partial charge < -0.3 is 260 Å². The van der Waals surface area contributed by atoms with Gasteiger partial charge in [-0.05, 0) is 73.2 Å². The molecule has 0 amide bonds. The van der Waals surface area contributed by atoms with Crippen LogP contribution in [0.4, 0.5) is 0 Å². The number of hydrogen-bond acceptors (Lipinski definition) is 53. The minimum atomic E-state index is -1.90. The fraction of sp³-hybridized carbons (Fsp3) is 0.963. The summed E-state index contributed by atoms with van der Waals surface area (Å²) in [4.78, 5) is 1.97. The van der Waals surface area contributed by atoms with Crippen molar-refractivity contribution in [1.29, 1.82) is 0 Å².